The number of hydrogen-bond acceptors (Lipinski definition) is 2. The highest BCUT2D eigenvalue weighted by Crippen LogP contribution is 1.77. The van der Waals surface area contributed by atoms with Crippen molar-refractivity contribution in [3.8, 4) is 0 Å². The van der Waals surface area contributed by atoms with E-state index in [1.165, 1.54) is 0 Å². The lowest BCUT2D eigenvalue weighted by atomic mass is 10.4. The molecule has 0 saturated carbocycles. The van der Waals surface area contributed by atoms with Crippen LogP contribution in [0.3, 0.4) is 0 Å². The van der Waals surface area contributed by atoms with Gasteiger partial charge in [-0.2, -0.15) is 0 Å². The molecule has 2 N–H and O–H groups in total. The molecular weight excluding hydrogens is 106 g/mol. The molecule has 0 aliphatic heterocycles. The average Bonchev–Trinajstić information content (AvgIpc) is 1.69. The van der Waals surface area contributed by atoms with Crippen LogP contribution >= 0.6 is 0 Å². The van der Waals surface area contributed by atoms with Gasteiger partial charge in [-0.3, -0.25) is 0 Å². The minimum absolute atomic E-state index is 0.819. The smallest absolute Gasteiger partial charge is 0.145 e. The topological polar surface area (TPSA) is 35.2 Å². The lowest BCUT2D eigenvalue weighted by Crippen LogP contribution is -1.86. The highest BCUT2D eigenvalue weighted by molar-refractivity contribution is 5.97. The van der Waals surface area contributed by atoms with Gasteiger partial charge in [-0.25, -0.2) is 0 Å². The zero-order chi connectivity index (χ0) is 5.54. The summed E-state index contributed by atoms with van der Waals surface area (Å²) in [6.45, 7) is 0.819. The second-order valence-electron chi connectivity index (χ2n) is 1.21. The first kappa shape index (κ1) is 6.72. The van der Waals surface area contributed by atoms with E-state index in [2.05, 4.69) is 0 Å². The molecule has 0 saturated heterocycles. The van der Waals surface area contributed by atoms with Crippen LogP contribution in [0.4, 0.5) is 0 Å². The Morgan fingerprint density at radius 2 is 2.43 bits per heavy atom. The van der Waals surface area contributed by atoms with Crippen molar-refractivity contribution in [1.29, 1.82) is 0 Å². The van der Waals surface area contributed by atoms with Crippen molar-refractivity contribution < 1.29 is 4.43 Å². The summed E-state index contributed by atoms with van der Waals surface area (Å²) in [5.41, 5.74) is 5.04. The van der Waals surface area contributed by atoms with Crippen molar-refractivity contribution in [2.24, 2.45) is 5.73 Å². The number of rotatable bonds is 3. The molecule has 0 spiro atoms. The highest BCUT2D eigenvalue weighted by atomic mass is 28.2. The minimum atomic E-state index is 0.819. The normalized spacial score (nSPS) is 10.9. The summed E-state index contributed by atoms with van der Waals surface area (Å²) in [6.07, 6.45) is 4.37. The Balaban J connectivity index is 2.69. The van der Waals surface area contributed by atoms with Gasteiger partial charge in [0.25, 0.3) is 0 Å². The Morgan fingerprint density at radius 1 is 1.71 bits per heavy atom. The van der Waals surface area contributed by atoms with Gasteiger partial charge in [-0.1, -0.05) is 6.08 Å². The van der Waals surface area contributed by atoms with E-state index in [0.29, 0.717) is 0 Å². The van der Waals surface area contributed by atoms with E-state index < -0.39 is 0 Å². The largest absolute Gasteiger partial charge is 0.428 e. The van der Waals surface area contributed by atoms with Crippen LogP contribution < -0.4 is 5.73 Å². The number of nitrogens with two attached hydrogens (primary N) is 1. The maximum atomic E-state index is 5.04. The average molecular weight is 117 g/mol. The molecule has 0 aromatic carbocycles. The first-order valence-corrected chi connectivity index (χ1v) is 3.09. The summed E-state index contributed by atoms with van der Waals surface area (Å²) in [5, 5.41) is 0. The van der Waals surface area contributed by atoms with E-state index in [1.807, 2.05) is 6.08 Å². The maximum absolute atomic E-state index is 5.04. The van der Waals surface area contributed by atoms with Gasteiger partial charge < -0.3 is 10.2 Å². The van der Waals surface area contributed by atoms with Gasteiger partial charge in [0, 0.05) is 6.61 Å². The van der Waals surface area contributed by atoms with Gasteiger partial charge in [-0.05, 0) is 12.6 Å². The minimum Gasteiger partial charge on any atom is -0.428 e. The summed E-state index contributed by atoms with van der Waals surface area (Å²) in [7, 11) is 0.831. The molecule has 0 aromatic rings. The molecule has 0 aliphatic carbocycles. The Kier molecular flexibility index (Phi) is 5.49. The first-order valence-electron chi connectivity index (χ1n) is 2.27. The van der Waals surface area contributed by atoms with Gasteiger partial charge in [0.15, 0.2) is 0 Å². The maximum Gasteiger partial charge on any atom is 0.145 e. The summed E-state index contributed by atoms with van der Waals surface area (Å²) in [4.78, 5) is 0. The lowest BCUT2D eigenvalue weighted by molar-refractivity contribution is 0.358. The van der Waals surface area contributed by atoms with Gasteiger partial charge in [-0.15, -0.1) is 0 Å². The Bertz CT molecular complexity index is 55.7. The molecule has 0 unspecified atom stereocenters. The summed E-state index contributed by atoms with van der Waals surface area (Å²) in [5.74, 6) is 0. The predicted octanol–water partition coefficient (Wildman–Crippen LogP) is -0.854. The molecular formula is C4H11NOSi. The van der Waals surface area contributed by atoms with E-state index in [4.69, 9.17) is 10.2 Å². The monoisotopic (exact) mass is 117 g/mol. The van der Waals surface area contributed by atoms with E-state index >= 15 is 0 Å². The molecule has 0 amide bonds. The molecule has 0 bridgehead atoms. The first-order chi connectivity index (χ1) is 3.41. The third-order valence-electron chi connectivity index (χ3n) is 0.625. The molecule has 0 fully saturated rings. The third-order valence-corrected chi connectivity index (χ3v) is 1.03. The fourth-order valence-corrected chi connectivity index (χ4v) is 0.518. The summed E-state index contributed by atoms with van der Waals surface area (Å²) >= 11 is 0. The van der Waals surface area contributed by atoms with Crippen LogP contribution in [0.25, 0.3) is 0 Å². The molecule has 0 heterocycles. The van der Waals surface area contributed by atoms with Crippen molar-refractivity contribution in [3.05, 3.63) is 12.3 Å². The van der Waals surface area contributed by atoms with Gasteiger partial charge in [0.1, 0.15) is 10.5 Å². The van der Waals surface area contributed by atoms with E-state index in [0.717, 1.165) is 23.5 Å². The predicted molar refractivity (Wildman–Crippen MR) is 33.8 cm³/mol. The second-order valence-corrected chi connectivity index (χ2v) is 1.79. The van der Waals surface area contributed by atoms with Crippen LogP contribution in [0, 0.1) is 0 Å². The molecule has 0 aliphatic rings. The van der Waals surface area contributed by atoms with Crippen molar-refractivity contribution in [3.63, 3.8) is 0 Å². The summed E-state index contributed by atoms with van der Waals surface area (Å²) in [6, 6.07) is 0. The van der Waals surface area contributed by atoms with Crippen molar-refractivity contribution >= 4 is 10.5 Å². The molecule has 3 heteroatoms. The third kappa shape index (κ3) is 5.72. The fourth-order valence-electron chi connectivity index (χ4n) is 0.282. The van der Waals surface area contributed by atoms with E-state index in [9.17, 15) is 0 Å². The molecule has 0 atom stereocenters. The Hall–Kier alpha value is -0.283. The summed E-state index contributed by atoms with van der Waals surface area (Å²) < 4.78 is 4.88. The molecule has 42 valence electrons. The lowest BCUT2D eigenvalue weighted by Gasteiger charge is -1.88. The van der Waals surface area contributed by atoms with Crippen LogP contribution in [0.1, 0.15) is 6.42 Å². The number of hydrogen-bond donors (Lipinski definition) is 1. The Morgan fingerprint density at radius 3 is 2.86 bits per heavy atom. The van der Waals surface area contributed by atoms with E-state index in [1.54, 1.807) is 6.20 Å². The van der Waals surface area contributed by atoms with Gasteiger partial charge in [0.05, 0.1) is 0 Å². The van der Waals surface area contributed by atoms with Crippen LogP contribution in [-0.4, -0.2) is 17.1 Å². The quantitative estimate of drug-likeness (QED) is 0.386. The van der Waals surface area contributed by atoms with Crippen LogP contribution in [0.2, 0.25) is 0 Å². The molecule has 0 radical (unpaired) electrons. The van der Waals surface area contributed by atoms with Crippen molar-refractivity contribution in [2.75, 3.05) is 6.61 Å². The SMILES string of the molecule is NC=CCCO[SiH3]. The molecule has 0 aromatic heterocycles. The second kappa shape index (κ2) is 5.72. The standard InChI is InChI=1S/C4H11NOSi/c5-3-1-2-4-6-7/h1,3H,2,4-5H2,7H3. The van der Waals surface area contributed by atoms with E-state index in [-0.39, 0.29) is 0 Å². The van der Waals surface area contributed by atoms with Crippen LogP contribution in [0.5, 0.6) is 0 Å². The van der Waals surface area contributed by atoms with Gasteiger partial charge in [0.2, 0.25) is 0 Å². The zero-order valence-electron chi connectivity index (χ0n) is 4.55. The Labute approximate surface area is 46.9 Å². The van der Waals surface area contributed by atoms with Crippen LogP contribution in [0.15, 0.2) is 12.3 Å². The highest BCUT2D eigenvalue weighted by Gasteiger charge is 1.71. The van der Waals surface area contributed by atoms with Gasteiger partial charge >= 0.3 is 0 Å². The van der Waals surface area contributed by atoms with Crippen molar-refractivity contribution in [1.82, 2.24) is 0 Å². The molecule has 7 heavy (non-hydrogen) atoms. The zero-order valence-corrected chi connectivity index (χ0v) is 6.55. The van der Waals surface area contributed by atoms with Crippen LogP contribution in [-0.2, 0) is 4.43 Å². The molecule has 2 nitrogen and oxygen atoms in total. The molecule has 0 rings (SSSR count). The van der Waals surface area contributed by atoms with Crippen molar-refractivity contribution in [2.45, 2.75) is 6.42 Å². The fraction of sp³-hybridized carbons (Fsp3) is 0.500.